The topological polar surface area (TPSA) is 59.6 Å². The zero-order valence-electron chi connectivity index (χ0n) is 12.2. The number of aryl methyl sites for hydroxylation is 1. The summed E-state index contributed by atoms with van der Waals surface area (Å²) in [5, 5.41) is 0.796. The molecule has 0 N–H and O–H groups in total. The highest BCUT2D eigenvalue weighted by atomic mass is 32.2. The molecular weight excluding hydrogens is 318 g/mol. The summed E-state index contributed by atoms with van der Waals surface area (Å²) in [7, 11) is -2.89. The van der Waals surface area contributed by atoms with Crippen molar-refractivity contribution in [2.75, 3.05) is 11.5 Å². The minimum atomic E-state index is -2.89. The number of benzene rings is 1. The molecule has 1 aromatic carbocycles. The fourth-order valence-electron chi connectivity index (χ4n) is 2.25. The summed E-state index contributed by atoms with van der Waals surface area (Å²) in [5.74, 6) is 1.04. The van der Waals surface area contributed by atoms with E-state index in [1.807, 2.05) is 12.1 Å². The fraction of sp³-hybridized carbons (Fsp3) is 0.312. The van der Waals surface area contributed by atoms with Crippen molar-refractivity contribution in [3.8, 4) is 0 Å². The van der Waals surface area contributed by atoms with Gasteiger partial charge in [0, 0.05) is 4.90 Å². The van der Waals surface area contributed by atoms with Crippen LogP contribution in [0.1, 0.15) is 17.7 Å². The van der Waals surface area contributed by atoms with E-state index in [-0.39, 0.29) is 17.5 Å². The molecule has 0 radical (unpaired) electrons. The lowest BCUT2D eigenvalue weighted by Gasteiger charge is -1.99. The molecule has 0 bridgehead atoms. The second kappa shape index (κ2) is 6.30. The number of furan rings is 1. The van der Waals surface area contributed by atoms with Crippen molar-refractivity contribution in [2.24, 2.45) is 4.99 Å². The third-order valence-corrected chi connectivity index (χ3v) is 6.14. The Labute approximate surface area is 134 Å². The number of hydrogen-bond acceptors (Lipinski definition) is 5. The molecule has 2 heterocycles. The van der Waals surface area contributed by atoms with Crippen LogP contribution in [0.15, 0.2) is 55.8 Å². The van der Waals surface area contributed by atoms with Gasteiger partial charge >= 0.3 is 0 Å². The van der Waals surface area contributed by atoms with Gasteiger partial charge in [0.15, 0.2) is 14.9 Å². The Kier molecular flexibility index (Phi) is 4.40. The van der Waals surface area contributed by atoms with Crippen LogP contribution in [0.4, 0.5) is 0 Å². The molecule has 1 atom stereocenters. The maximum atomic E-state index is 11.4. The van der Waals surface area contributed by atoms with Crippen LogP contribution in [-0.2, 0) is 9.84 Å². The van der Waals surface area contributed by atoms with Gasteiger partial charge in [0.05, 0.1) is 23.8 Å². The summed E-state index contributed by atoms with van der Waals surface area (Å²) in [4.78, 5) is 5.43. The predicted octanol–water partition coefficient (Wildman–Crippen LogP) is 3.35. The van der Waals surface area contributed by atoms with Gasteiger partial charge in [0.1, 0.15) is 5.76 Å². The van der Waals surface area contributed by atoms with Crippen molar-refractivity contribution < 1.29 is 12.8 Å². The van der Waals surface area contributed by atoms with E-state index in [4.69, 9.17) is 4.42 Å². The molecule has 0 unspecified atom stereocenters. The molecule has 116 valence electrons. The Bertz CT molecular complexity index is 776. The molecule has 1 fully saturated rings. The summed E-state index contributed by atoms with van der Waals surface area (Å²) in [5.41, 5.74) is 1.23. The van der Waals surface area contributed by atoms with E-state index in [1.54, 1.807) is 18.0 Å². The fourth-order valence-corrected chi connectivity index (χ4v) is 4.67. The van der Waals surface area contributed by atoms with E-state index in [2.05, 4.69) is 36.2 Å². The maximum absolute atomic E-state index is 11.4. The van der Waals surface area contributed by atoms with Crippen LogP contribution in [0.25, 0.3) is 0 Å². The number of nitrogens with zero attached hydrogens (tertiary/aromatic N) is 1. The zero-order valence-corrected chi connectivity index (χ0v) is 13.9. The summed E-state index contributed by atoms with van der Waals surface area (Å²) in [6.45, 7) is 2.05. The van der Waals surface area contributed by atoms with Crippen LogP contribution in [0.3, 0.4) is 0 Å². The van der Waals surface area contributed by atoms with Crippen LogP contribution in [0.2, 0.25) is 0 Å². The SMILES string of the molecule is Cc1ccc(Sc2ccc(C=N[C@@H]3CCS(=O)(=O)C3)o2)cc1. The lowest BCUT2D eigenvalue weighted by Crippen LogP contribution is -2.07. The average molecular weight is 335 g/mol. The van der Waals surface area contributed by atoms with Crippen LogP contribution < -0.4 is 0 Å². The molecule has 4 nitrogen and oxygen atoms in total. The highest BCUT2D eigenvalue weighted by Crippen LogP contribution is 2.29. The number of hydrogen-bond donors (Lipinski definition) is 0. The lowest BCUT2D eigenvalue weighted by atomic mass is 10.2. The van der Waals surface area contributed by atoms with Gasteiger partial charge in [0.2, 0.25) is 0 Å². The van der Waals surface area contributed by atoms with Crippen molar-refractivity contribution in [1.82, 2.24) is 0 Å². The maximum Gasteiger partial charge on any atom is 0.165 e. The quantitative estimate of drug-likeness (QED) is 0.804. The largest absolute Gasteiger partial charge is 0.449 e. The summed E-state index contributed by atoms with van der Waals surface area (Å²) >= 11 is 1.55. The normalized spacial score (nSPS) is 20.7. The highest BCUT2D eigenvalue weighted by Gasteiger charge is 2.26. The van der Waals surface area contributed by atoms with Crippen LogP contribution in [0, 0.1) is 6.92 Å². The molecule has 2 aromatic rings. The van der Waals surface area contributed by atoms with E-state index < -0.39 is 9.84 Å². The Balaban J connectivity index is 1.63. The van der Waals surface area contributed by atoms with Crippen LogP contribution >= 0.6 is 11.8 Å². The average Bonchev–Trinajstić information content (AvgIpc) is 3.05. The Morgan fingerprint density at radius 2 is 2.00 bits per heavy atom. The Morgan fingerprint density at radius 1 is 1.23 bits per heavy atom. The van der Waals surface area contributed by atoms with Gasteiger partial charge in [-0.25, -0.2) is 8.42 Å². The second-order valence-corrected chi connectivity index (χ2v) is 8.71. The summed E-state index contributed by atoms with van der Waals surface area (Å²) < 4.78 is 28.5. The van der Waals surface area contributed by atoms with Crippen molar-refractivity contribution in [3.63, 3.8) is 0 Å². The van der Waals surface area contributed by atoms with Gasteiger partial charge in [0.25, 0.3) is 0 Å². The van der Waals surface area contributed by atoms with Crippen LogP contribution in [0.5, 0.6) is 0 Å². The highest BCUT2D eigenvalue weighted by molar-refractivity contribution is 7.99. The molecule has 6 heteroatoms. The first kappa shape index (κ1) is 15.4. The first-order chi connectivity index (χ1) is 10.5. The molecule has 1 aliphatic heterocycles. The van der Waals surface area contributed by atoms with Crippen molar-refractivity contribution in [2.45, 2.75) is 29.4 Å². The van der Waals surface area contributed by atoms with Gasteiger partial charge in [-0.05, 0) is 37.6 Å². The smallest absolute Gasteiger partial charge is 0.165 e. The zero-order chi connectivity index (χ0) is 15.6. The Morgan fingerprint density at radius 3 is 2.68 bits per heavy atom. The minimum Gasteiger partial charge on any atom is -0.449 e. The van der Waals surface area contributed by atoms with Crippen molar-refractivity contribution >= 4 is 27.8 Å². The number of aliphatic imine (C=N–C) groups is 1. The van der Waals surface area contributed by atoms with E-state index in [1.165, 1.54) is 5.56 Å². The van der Waals surface area contributed by atoms with Gasteiger partial charge in [-0.2, -0.15) is 0 Å². The van der Waals surface area contributed by atoms with E-state index >= 15 is 0 Å². The minimum absolute atomic E-state index is 0.136. The molecule has 0 saturated carbocycles. The molecule has 3 rings (SSSR count). The third kappa shape index (κ3) is 4.01. The molecule has 0 amide bonds. The van der Waals surface area contributed by atoms with Crippen LogP contribution in [-0.4, -0.2) is 32.2 Å². The first-order valence-corrected chi connectivity index (χ1v) is 9.72. The number of sulfone groups is 1. The van der Waals surface area contributed by atoms with E-state index in [0.29, 0.717) is 12.2 Å². The number of rotatable bonds is 4. The van der Waals surface area contributed by atoms with Gasteiger partial charge < -0.3 is 4.42 Å². The molecule has 0 spiro atoms. The second-order valence-electron chi connectivity index (χ2n) is 5.41. The van der Waals surface area contributed by atoms with Crippen molar-refractivity contribution in [3.05, 3.63) is 47.7 Å². The van der Waals surface area contributed by atoms with E-state index in [0.717, 1.165) is 9.99 Å². The van der Waals surface area contributed by atoms with Gasteiger partial charge in [-0.1, -0.05) is 29.5 Å². The van der Waals surface area contributed by atoms with Gasteiger partial charge in [-0.15, -0.1) is 0 Å². The molecule has 0 aliphatic carbocycles. The van der Waals surface area contributed by atoms with Gasteiger partial charge in [-0.3, -0.25) is 4.99 Å². The molecule has 22 heavy (non-hydrogen) atoms. The summed E-state index contributed by atoms with van der Waals surface area (Å²) in [6.07, 6.45) is 2.23. The molecular formula is C16H17NO3S2. The molecule has 1 saturated heterocycles. The monoisotopic (exact) mass is 335 g/mol. The molecule has 1 aromatic heterocycles. The predicted molar refractivity (Wildman–Crippen MR) is 88.7 cm³/mol. The lowest BCUT2D eigenvalue weighted by molar-refractivity contribution is 0.468. The molecule has 1 aliphatic rings. The van der Waals surface area contributed by atoms with E-state index in [9.17, 15) is 8.42 Å². The third-order valence-electron chi connectivity index (χ3n) is 3.46. The first-order valence-electron chi connectivity index (χ1n) is 7.08. The standard InChI is InChI=1S/C16H17NO3S2/c1-12-2-5-15(6-3-12)21-16-7-4-14(20-16)10-17-13-8-9-22(18,19)11-13/h2-7,10,13H,8-9,11H2,1H3/t13-/m1/s1. The summed E-state index contributed by atoms with van der Waals surface area (Å²) in [6, 6.07) is 11.9. The van der Waals surface area contributed by atoms with Crippen molar-refractivity contribution in [1.29, 1.82) is 0 Å². The Hall–Kier alpha value is -1.53.